The van der Waals surface area contributed by atoms with E-state index < -0.39 is 0 Å². The van der Waals surface area contributed by atoms with E-state index in [-0.39, 0.29) is 42.2 Å². The molecule has 5 heteroatoms. The highest BCUT2D eigenvalue weighted by Gasteiger charge is 2.52. The van der Waals surface area contributed by atoms with Gasteiger partial charge in [0, 0.05) is 23.4 Å². The largest absolute Gasteiger partial charge is 0.513 e. The van der Waals surface area contributed by atoms with Gasteiger partial charge in [-0.15, -0.1) is 0 Å². The molecule has 2 N–H and O–H groups in total. The van der Waals surface area contributed by atoms with Gasteiger partial charge in [-0.3, -0.25) is 0 Å². The predicted octanol–water partition coefficient (Wildman–Crippen LogP) is 3.37. The molecular weight excluding hydrogens is 383 g/mol. The molecule has 2 unspecified atom stereocenters. The Balaban J connectivity index is 1.96. The van der Waals surface area contributed by atoms with Crippen LogP contribution < -0.4 is 0 Å². The van der Waals surface area contributed by atoms with Crippen molar-refractivity contribution in [1.29, 1.82) is 0 Å². The number of fused-ring (bicyclic) bond motifs is 1. The van der Waals surface area contributed by atoms with Crippen molar-refractivity contribution in [2.75, 3.05) is 11.0 Å². The Morgan fingerprint density at radius 3 is 2.81 bits per heavy atom. The summed E-state index contributed by atoms with van der Waals surface area (Å²) in [5.74, 6) is 0.318. The first-order valence-electron chi connectivity index (χ1n) is 7.88. The van der Waals surface area contributed by atoms with Gasteiger partial charge in [0.05, 0.1) is 24.1 Å². The minimum atomic E-state index is -0.180. The molecule has 21 heavy (non-hydrogen) atoms. The topological polar surface area (TPSA) is 58.9 Å². The van der Waals surface area contributed by atoms with Crippen molar-refractivity contribution in [2.24, 2.45) is 5.92 Å². The van der Waals surface area contributed by atoms with Crippen molar-refractivity contribution in [2.45, 2.75) is 69.4 Å². The van der Waals surface area contributed by atoms with Gasteiger partial charge in [0.1, 0.15) is 5.60 Å². The first kappa shape index (κ1) is 17.5. The van der Waals surface area contributed by atoms with Crippen LogP contribution in [0.5, 0.6) is 0 Å². The van der Waals surface area contributed by atoms with Crippen LogP contribution in [0.2, 0.25) is 0 Å². The summed E-state index contributed by atoms with van der Waals surface area (Å²) in [5.41, 5.74) is -0.180. The van der Waals surface area contributed by atoms with E-state index in [1.807, 2.05) is 6.92 Å². The summed E-state index contributed by atoms with van der Waals surface area (Å²) in [5, 5.41) is 18.5. The minimum absolute atomic E-state index is 0.0744. The fourth-order valence-corrected chi connectivity index (χ4v) is 4.44. The number of aliphatic hydroxyl groups is 2. The molecule has 0 saturated carbocycles. The molecule has 0 aliphatic carbocycles. The number of allylic oxidation sites excluding steroid dienone is 1. The summed E-state index contributed by atoms with van der Waals surface area (Å²) in [4.78, 5) is 0. The van der Waals surface area contributed by atoms with Crippen molar-refractivity contribution in [3.8, 4) is 0 Å². The van der Waals surface area contributed by atoms with Crippen molar-refractivity contribution < 1.29 is 19.7 Å². The molecule has 0 spiro atoms. The average Bonchev–Trinajstić information content (AvgIpc) is 2.83. The van der Waals surface area contributed by atoms with Crippen LogP contribution in [0.4, 0.5) is 0 Å². The predicted molar refractivity (Wildman–Crippen MR) is 90.9 cm³/mol. The lowest BCUT2D eigenvalue weighted by molar-refractivity contribution is -0.156. The van der Waals surface area contributed by atoms with Crippen LogP contribution in [0, 0.1) is 5.92 Å². The van der Waals surface area contributed by atoms with E-state index in [1.54, 1.807) is 0 Å². The number of hydrogen-bond donors (Lipinski definition) is 2. The van der Waals surface area contributed by atoms with Crippen molar-refractivity contribution >= 4 is 22.6 Å². The summed E-state index contributed by atoms with van der Waals surface area (Å²) in [6, 6.07) is 0. The molecule has 5 atom stereocenters. The number of rotatable bonds is 7. The summed E-state index contributed by atoms with van der Waals surface area (Å²) in [6.07, 6.45) is 6.01. The van der Waals surface area contributed by atoms with Gasteiger partial charge in [-0.1, -0.05) is 36.1 Å². The summed E-state index contributed by atoms with van der Waals surface area (Å²) >= 11 is 2.40. The molecule has 2 rings (SSSR count). The Hall–Kier alpha value is 0.150. The van der Waals surface area contributed by atoms with Gasteiger partial charge in [0.2, 0.25) is 0 Å². The zero-order valence-corrected chi connectivity index (χ0v) is 14.9. The standard InChI is InChI=1S/C16H27IO4/c1-11(12(2)19)8-13-5-6-15-16(10-17,21-13)9-14(20-15)4-3-7-18/h11,13-15,18-19H,2-10H2,1H3/t11-,13?,14+,15+,16?/m1/s1. The van der Waals surface area contributed by atoms with Gasteiger partial charge < -0.3 is 19.7 Å². The number of aliphatic hydroxyl groups excluding tert-OH is 2. The highest BCUT2D eigenvalue weighted by atomic mass is 127. The molecule has 0 radical (unpaired) electrons. The SMILES string of the molecule is C=C(O)[C@H](C)CC1CC[C@@H]2O[C@@H](CCCO)CC2(CI)O1. The minimum Gasteiger partial charge on any atom is -0.513 e. The number of alkyl halides is 1. The first-order valence-corrected chi connectivity index (χ1v) is 9.41. The molecule has 2 saturated heterocycles. The highest BCUT2D eigenvalue weighted by Crippen LogP contribution is 2.45. The quantitative estimate of drug-likeness (QED) is 0.384. The molecule has 0 aromatic rings. The molecular formula is C16H27IO4. The molecule has 122 valence electrons. The fraction of sp³-hybridized carbons (Fsp3) is 0.875. The zero-order valence-electron chi connectivity index (χ0n) is 12.8. The zero-order chi connectivity index (χ0) is 15.5. The lowest BCUT2D eigenvalue weighted by Crippen LogP contribution is -2.50. The second kappa shape index (κ2) is 7.62. The van der Waals surface area contributed by atoms with Gasteiger partial charge >= 0.3 is 0 Å². The van der Waals surface area contributed by atoms with Gasteiger partial charge in [-0.2, -0.15) is 0 Å². The van der Waals surface area contributed by atoms with E-state index in [4.69, 9.17) is 14.6 Å². The number of ether oxygens (including phenoxy) is 2. The molecule has 2 aliphatic rings. The van der Waals surface area contributed by atoms with E-state index in [1.165, 1.54) is 0 Å². The van der Waals surface area contributed by atoms with Gasteiger partial charge in [-0.25, -0.2) is 0 Å². The van der Waals surface area contributed by atoms with E-state index in [0.717, 1.165) is 43.0 Å². The molecule has 2 fully saturated rings. The van der Waals surface area contributed by atoms with Crippen LogP contribution in [0.15, 0.2) is 12.3 Å². The maximum Gasteiger partial charge on any atom is 0.106 e. The molecule has 0 aromatic carbocycles. The van der Waals surface area contributed by atoms with E-state index in [2.05, 4.69) is 29.2 Å². The van der Waals surface area contributed by atoms with Crippen LogP contribution in [-0.2, 0) is 9.47 Å². The Morgan fingerprint density at radius 2 is 2.19 bits per heavy atom. The highest BCUT2D eigenvalue weighted by molar-refractivity contribution is 14.1. The van der Waals surface area contributed by atoms with Crippen LogP contribution >= 0.6 is 22.6 Å². The van der Waals surface area contributed by atoms with Crippen LogP contribution in [-0.4, -0.2) is 45.2 Å². The van der Waals surface area contributed by atoms with E-state index >= 15 is 0 Å². The smallest absolute Gasteiger partial charge is 0.106 e. The Morgan fingerprint density at radius 1 is 1.43 bits per heavy atom. The third-order valence-corrected chi connectivity index (χ3v) is 6.06. The van der Waals surface area contributed by atoms with E-state index in [0.29, 0.717) is 0 Å². The summed E-state index contributed by atoms with van der Waals surface area (Å²) in [7, 11) is 0. The lowest BCUT2D eigenvalue weighted by Gasteiger charge is -2.41. The third-order valence-electron chi connectivity index (χ3n) is 4.76. The summed E-state index contributed by atoms with van der Waals surface area (Å²) in [6.45, 7) is 5.83. The van der Waals surface area contributed by atoms with Gasteiger partial charge in [-0.05, 0) is 32.1 Å². The molecule has 4 nitrogen and oxygen atoms in total. The van der Waals surface area contributed by atoms with Crippen molar-refractivity contribution in [3.05, 3.63) is 12.3 Å². The van der Waals surface area contributed by atoms with Crippen molar-refractivity contribution in [1.82, 2.24) is 0 Å². The number of hydrogen-bond acceptors (Lipinski definition) is 4. The van der Waals surface area contributed by atoms with Crippen LogP contribution in [0.1, 0.15) is 45.4 Å². The maximum absolute atomic E-state index is 9.50. The average molecular weight is 410 g/mol. The lowest BCUT2D eigenvalue weighted by atomic mass is 9.86. The van der Waals surface area contributed by atoms with Crippen LogP contribution in [0.25, 0.3) is 0 Å². The number of halogens is 1. The Bertz CT molecular complexity index is 362. The molecule has 0 aromatic heterocycles. The molecule has 0 bridgehead atoms. The van der Waals surface area contributed by atoms with Gasteiger partial charge in [0.15, 0.2) is 0 Å². The first-order chi connectivity index (χ1) is 10.0. The molecule has 0 amide bonds. The fourth-order valence-electron chi connectivity index (χ4n) is 3.46. The second-order valence-corrected chi connectivity index (χ2v) is 7.22. The third kappa shape index (κ3) is 4.12. The molecule has 2 heterocycles. The van der Waals surface area contributed by atoms with Gasteiger partial charge in [0.25, 0.3) is 0 Å². The normalized spacial score (nSPS) is 37.2. The van der Waals surface area contributed by atoms with Crippen LogP contribution in [0.3, 0.4) is 0 Å². The molecule has 2 aliphatic heterocycles. The van der Waals surface area contributed by atoms with E-state index in [9.17, 15) is 5.11 Å². The summed E-state index contributed by atoms with van der Waals surface area (Å²) < 4.78 is 13.5. The second-order valence-electron chi connectivity index (χ2n) is 6.46. The monoisotopic (exact) mass is 410 g/mol. The maximum atomic E-state index is 9.50. The Labute approximate surface area is 141 Å². The van der Waals surface area contributed by atoms with Crippen molar-refractivity contribution in [3.63, 3.8) is 0 Å². The Kier molecular flexibility index (Phi) is 6.35.